The van der Waals surface area contributed by atoms with E-state index in [0.717, 1.165) is 5.56 Å². The zero-order valence-electron chi connectivity index (χ0n) is 10.1. The molecule has 0 unspecified atom stereocenters. The molecule has 0 amide bonds. The molecule has 0 fully saturated rings. The average molecular weight is 279 g/mol. The maximum atomic E-state index is 12.5. The van der Waals surface area contributed by atoms with Crippen LogP contribution in [0.5, 0.6) is 0 Å². The summed E-state index contributed by atoms with van der Waals surface area (Å²) in [5, 5.41) is 0.628. The minimum atomic E-state index is -3.20. The first-order chi connectivity index (χ1) is 8.03. The van der Waals surface area contributed by atoms with Crippen LogP contribution in [0.2, 0.25) is 5.02 Å². The second-order valence-electron chi connectivity index (χ2n) is 3.44. The SMILES string of the molecule is CCOP(=O)(OCC)[C@@H]([NH3+])c1ccc(Cl)cc1. The fourth-order valence-corrected chi connectivity index (χ4v) is 3.26. The minimum Gasteiger partial charge on any atom is -0.341 e. The summed E-state index contributed by atoms with van der Waals surface area (Å²) in [6.45, 7) is 4.22. The van der Waals surface area contributed by atoms with Crippen LogP contribution >= 0.6 is 19.2 Å². The third-order valence-corrected chi connectivity index (χ3v) is 4.80. The Morgan fingerprint density at radius 2 is 1.71 bits per heavy atom. The van der Waals surface area contributed by atoms with Crippen molar-refractivity contribution >= 4 is 19.2 Å². The maximum Gasteiger partial charge on any atom is 0.392 e. The van der Waals surface area contributed by atoms with E-state index in [1.54, 1.807) is 38.1 Å². The summed E-state index contributed by atoms with van der Waals surface area (Å²) in [7, 11) is -3.20. The molecule has 0 aromatic heterocycles. The first kappa shape index (κ1) is 14.7. The van der Waals surface area contributed by atoms with Crippen molar-refractivity contribution < 1.29 is 19.3 Å². The third kappa shape index (κ3) is 3.80. The van der Waals surface area contributed by atoms with Crippen LogP contribution in [0.15, 0.2) is 24.3 Å². The summed E-state index contributed by atoms with van der Waals surface area (Å²) in [4.78, 5) is 0. The monoisotopic (exact) mass is 278 g/mol. The summed E-state index contributed by atoms with van der Waals surface area (Å²) in [6, 6.07) is 7.03. The van der Waals surface area contributed by atoms with Crippen molar-refractivity contribution in [2.45, 2.75) is 19.6 Å². The summed E-state index contributed by atoms with van der Waals surface area (Å²) in [5.41, 5.74) is 4.68. The van der Waals surface area contributed by atoms with Crippen LogP contribution in [0.1, 0.15) is 25.2 Å². The smallest absolute Gasteiger partial charge is 0.341 e. The molecule has 0 aliphatic heterocycles. The molecule has 0 aliphatic rings. The Balaban J connectivity index is 2.95. The third-order valence-electron chi connectivity index (χ3n) is 2.25. The van der Waals surface area contributed by atoms with Crippen molar-refractivity contribution in [3.8, 4) is 0 Å². The standard InChI is InChI=1S/C11H17ClNO3P/c1-3-15-17(14,16-4-2)11(13)9-5-7-10(12)8-6-9/h5-8,11H,3-4,13H2,1-2H3/p+1/t11-/m1/s1. The van der Waals surface area contributed by atoms with E-state index in [-0.39, 0.29) is 0 Å². The second-order valence-corrected chi connectivity index (χ2v) is 6.10. The van der Waals surface area contributed by atoms with Gasteiger partial charge in [0.2, 0.25) is 5.78 Å². The Hall–Kier alpha value is -0.380. The van der Waals surface area contributed by atoms with Gasteiger partial charge in [0.1, 0.15) is 0 Å². The molecule has 4 nitrogen and oxygen atoms in total. The molecular formula is C11H18ClNO3P+. The quantitative estimate of drug-likeness (QED) is 0.814. The Morgan fingerprint density at radius 3 is 2.12 bits per heavy atom. The lowest BCUT2D eigenvalue weighted by Crippen LogP contribution is -2.53. The molecule has 0 radical (unpaired) electrons. The van der Waals surface area contributed by atoms with Crippen LogP contribution in [0, 0.1) is 0 Å². The van der Waals surface area contributed by atoms with E-state index in [0.29, 0.717) is 18.2 Å². The van der Waals surface area contributed by atoms with Gasteiger partial charge < -0.3 is 14.8 Å². The highest BCUT2D eigenvalue weighted by atomic mass is 35.5. The molecule has 0 saturated heterocycles. The van der Waals surface area contributed by atoms with Crippen molar-refractivity contribution in [2.24, 2.45) is 0 Å². The minimum absolute atomic E-state index is 0.330. The molecule has 1 atom stereocenters. The number of hydrogen-bond acceptors (Lipinski definition) is 3. The molecule has 1 rings (SSSR count). The first-order valence-corrected chi connectivity index (χ1v) is 7.49. The van der Waals surface area contributed by atoms with E-state index in [1.165, 1.54) is 0 Å². The van der Waals surface area contributed by atoms with Crippen LogP contribution in [0.3, 0.4) is 0 Å². The molecule has 3 N–H and O–H groups in total. The van der Waals surface area contributed by atoms with Gasteiger partial charge in [-0.2, -0.15) is 0 Å². The zero-order chi connectivity index (χ0) is 12.9. The molecule has 17 heavy (non-hydrogen) atoms. The van der Waals surface area contributed by atoms with Gasteiger partial charge in [-0.25, -0.2) is 0 Å². The zero-order valence-corrected chi connectivity index (χ0v) is 11.7. The van der Waals surface area contributed by atoms with E-state index in [1.807, 2.05) is 0 Å². The predicted octanol–water partition coefficient (Wildman–Crippen LogP) is 2.85. The lowest BCUT2D eigenvalue weighted by Gasteiger charge is -2.20. The number of halogens is 1. The molecule has 0 saturated carbocycles. The molecule has 6 heteroatoms. The van der Waals surface area contributed by atoms with Gasteiger partial charge in [0.15, 0.2) is 0 Å². The van der Waals surface area contributed by atoms with Crippen LogP contribution in [0.4, 0.5) is 0 Å². The van der Waals surface area contributed by atoms with Crippen molar-refractivity contribution in [1.29, 1.82) is 0 Å². The number of rotatable bonds is 6. The Labute approximate surface area is 107 Å². The highest BCUT2D eigenvalue weighted by Crippen LogP contribution is 2.57. The largest absolute Gasteiger partial charge is 0.392 e. The van der Waals surface area contributed by atoms with Crippen LogP contribution in [-0.2, 0) is 13.6 Å². The van der Waals surface area contributed by atoms with Crippen molar-refractivity contribution in [1.82, 2.24) is 0 Å². The Morgan fingerprint density at radius 1 is 1.24 bits per heavy atom. The van der Waals surface area contributed by atoms with E-state index in [2.05, 4.69) is 5.73 Å². The Bertz CT molecular complexity index is 386. The maximum absolute atomic E-state index is 12.5. The van der Waals surface area contributed by atoms with Gasteiger partial charge in [-0.1, -0.05) is 23.7 Å². The number of benzene rings is 1. The van der Waals surface area contributed by atoms with Gasteiger partial charge >= 0.3 is 7.60 Å². The summed E-state index contributed by atoms with van der Waals surface area (Å²) in [5.74, 6) is -0.542. The van der Waals surface area contributed by atoms with Gasteiger partial charge in [0, 0.05) is 10.6 Å². The molecule has 0 bridgehead atoms. The highest BCUT2D eigenvalue weighted by Gasteiger charge is 2.37. The van der Waals surface area contributed by atoms with Crippen molar-refractivity contribution in [3.05, 3.63) is 34.9 Å². The first-order valence-electron chi connectivity index (χ1n) is 5.50. The number of quaternary nitrogens is 1. The summed E-state index contributed by atoms with van der Waals surface area (Å²) < 4.78 is 23.0. The predicted molar refractivity (Wildman–Crippen MR) is 67.9 cm³/mol. The molecular weight excluding hydrogens is 261 g/mol. The van der Waals surface area contributed by atoms with Gasteiger partial charge in [0.25, 0.3) is 0 Å². The molecule has 0 spiro atoms. The van der Waals surface area contributed by atoms with E-state index in [9.17, 15) is 4.57 Å². The van der Waals surface area contributed by atoms with Crippen LogP contribution in [-0.4, -0.2) is 13.2 Å². The van der Waals surface area contributed by atoms with Crippen molar-refractivity contribution in [3.63, 3.8) is 0 Å². The molecule has 1 aromatic carbocycles. The lowest BCUT2D eigenvalue weighted by atomic mass is 10.2. The van der Waals surface area contributed by atoms with Crippen molar-refractivity contribution in [2.75, 3.05) is 13.2 Å². The normalized spacial score (nSPS) is 13.6. The van der Waals surface area contributed by atoms with Crippen LogP contribution < -0.4 is 5.73 Å². The second kappa shape index (κ2) is 6.53. The highest BCUT2D eigenvalue weighted by molar-refractivity contribution is 7.53. The average Bonchev–Trinajstić information content (AvgIpc) is 2.30. The Kier molecular flexibility index (Phi) is 5.63. The lowest BCUT2D eigenvalue weighted by molar-refractivity contribution is -0.400. The van der Waals surface area contributed by atoms with E-state index in [4.69, 9.17) is 20.6 Å². The van der Waals surface area contributed by atoms with Gasteiger partial charge in [-0.05, 0) is 26.0 Å². The fraction of sp³-hybridized carbons (Fsp3) is 0.455. The fourth-order valence-electron chi connectivity index (χ4n) is 1.44. The summed E-state index contributed by atoms with van der Waals surface area (Å²) in [6.07, 6.45) is 0. The van der Waals surface area contributed by atoms with E-state index < -0.39 is 13.4 Å². The molecule has 0 heterocycles. The van der Waals surface area contributed by atoms with Gasteiger partial charge in [-0.3, -0.25) is 4.57 Å². The van der Waals surface area contributed by atoms with Gasteiger partial charge in [-0.15, -0.1) is 0 Å². The molecule has 96 valence electrons. The molecule has 0 aliphatic carbocycles. The van der Waals surface area contributed by atoms with Crippen LogP contribution in [0.25, 0.3) is 0 Å². The summed E-state index contributed by atoms with van der Waals surface area (Å²) >= 11 is 5.80. The molecule has 1 aromatic rings. The van der Waals surface area contributed by atoms with Gasteiger partial charge in [0.05, 0.1) is 13.2 Å². The number of hydrogen-bond donors (Lipinski definition) is 1. The van der Waals surface area contributed by atoms with E-state index >= 15 is 0 Å². The topological polar surface area (TPSA) is 63.2 Å².